The number of ketones is 1. The molecule has 0 atom stereocenters. The van der Waals surface area contributed by atoms with Crippen molar-refractivity contribution >= 4 is 34.7 Å². The van der Waals surface area contributed by atoms with Crippen LogP contribution >= 0.6 is 23.2 Å². The van der Waals surface area contributed by atoms with Crippen LogP contribution in [-0.4, -0.2) is 15.5 Å². The number of alkyl halides is 2. The lowest BCUT2D eigenvalue weighted by atomic mass is 10.0. The number of Topliss-reactive ketones (excluding diaryl/α,β-unsaturated/α-hetero) is 1. The zero-order chi connectivity index (χ0) is 14.7. The Bertz CT molecular complexity index is 657. The van der Waals surface area contributed by atoms with Crippen LogP contribution in [0.1, 0.15) is 10.4 Å². The van der Waals surface area contributed by atoms with Crippen molar-refractivity contribution in [3.63, 3.8) is 0 Å². The van der Waals surface area contributed by atoms with Crippen LogP contribution in [0.25, 0.3) is 11.1 Å². The molecule has 0 heterocycles. The highest BCUT2D eigenvalue weighted by molar-refractivity contribution is 6.55. The van der Waals surface area contributed by atoms with Crippen LogP contribution in [0.4, 0.5) is 5.69 Å². The van der Waals surface area contributed by atoms with E-state index < -0.39 is 15.5 Å². The molecular formula is C14H9Cl2NO3. The van der Waals surface area contributed by atoms with Crippen LogP contribution in [0.2, 0.25) is 0 Å². The monoisotopic (exact) mass is 309 g/mol. The zero-order valence-electron chi connectivity index (χ0n) is 10.1. The summed E-state index contributed by atoms with van der Waals surface area (Å²) in [7, 11) is 0. The quantitative estimate of drug-likeness (QED) is 0.367. The van der Waals surface area contributed by atoms with Crippen molar-refractivity contribution < 1.29 is 9.72 Å². The molecule has 2 rings (SSSR count). The normalized spacial score (nSPS) is 10.6. The maximum Gasteiger partial charge on any atom is 0.277 e. The van der Waals surface area contributed by atoms with Gasteiger partial charge in [-0.15, -0.1) is 0 Å². The molecule has 20 heavy (non-hydrogen) atoms. The van der Waals surface area contributed by atoms with Gasteiger partial charge in [-0.25, -0.2) is 0 Å². The summed E-state index contributed by atoms with van der Waals surface area (Å²) in [5, 5.41) is 11.2. The molecule has 0 saturated heterocycles. The minimum absolute atomic E-state index is 0.117. The van der Waals surface area contributed by atoms with Crippen molar-refractivity contribution in [2.45, 2.75) is 4.84 Å². The number of nitro benzene ring substituents is 1. The Morgan fingerprint density at radius 2 is 1.75 bits per heavy atom. The van der Waals surface area contributed by atoms with Crippen molar-refractivity contribution in [1.29, 1.82) is 0 Å². The van der Waals surface area contributed by atoms with Gasteiger partial charge in [-0.3, -0.25) is 14.9 Å². The molecule has 0 N–H and O–H groups in total. The Kier molecular flexibility index (Phi) is 4.37. The largest absolute Gasteiger partial charge is 0.291 e. The Hall–Kier alpha value is -1.91. The van der Waals surface area contributed by atoms with E-state index in [4.69, 9.17) is 23.2 Å². The molecule has 0 amide bonds. The SMILES string of the molecule is O=C(c1ccc(-c2ccccc2)c([N+](=O)[O-])c1)C(Cl)Cl. The third-order valence-electron chi connectivity index (χ3n) is 2.76. The van der Waals surface area contributed by atoms with Crippen molar-refractivity contribution in [3.8, 4) is 11.1 Å². The van der Waals surface area contributed by atoms with E-state index in [-0.39, 0.29) is 11.3 Å². The Labute approximate surface area is 125 Å². The molecule has 0 aromatic heterocycles. The zero-order valence-corrected chi connectivity index (χ0v) is 11.6. The summed E-state index contributed by atoms with van der Waals surface area (Å²) in [6, 6.07) is 13.1. The first kappa shape index (κ1) is 14.5. The molecular weight excluding hydrogens is 301 g/mol. The molecule has 2 aromatic carbocycles. The number of hydrogen-bond acceptors (Lipinski definition) is 3. The minimum atomic E-state index is -1.24. The molecule has 0 aliphatic rings. The molecule has 6 heteroatoms. The highest BCUT2D eigenvalue weighted by Crippen LogP contribution is 2.31. The highest BCUT2D eigenvalue weighted by atomic mass is 35.5. The molecule has 102 valence electrons. The van der Waals surface area contributed by atoms with Crippen LogP contribution in [0.3, 0.4) is 0 Å². The maximum atomic E-state index is 11.7. The van der Waals surface area contributed by atoms with E-state index in [1.807, 2.05) is 6.07 Å². The van der Waals surface area contributed by atoms with E-state index in [0.29, 0.717) is 11.1 Å². The number of carbonyl (C=O) groups is 1. The van der Waals surface area contributed by atoms with Crippen LogP contribution in [0.5, 0.6) is 0 Å². The van der Waals surface area contributed by atoms with Crippen molar-refractivity contribution in [3.05, 3.63) is 64.2 Å². The Balaban J connectivity index is 2.55. The summed E-state index contributed by atoms with van der Waals surface area (Å²) in [6.45, 7) is 0. The van der Waals surface area contributed by atoms with E-state index in [1.165, 1.54) is 18.2 Å². The first-order chi connectivity index (χ1) is 9.50. The summed E-state index contributed by atoms with van der Waals surface area (Å²) in [4.78, 5) is 21.1. The van der Waals surface area contributed by atoms with Crippen LogP contribution in [0.15, 0.2) is 48.5 Å². The molecule has 0 bridgehead atoms. The van der Waals surface area contributed by atoms with Gasteiger partial charge in [-0.05, 0) is 11.6 Å². The summed E-state index contributed by atoms with van der Waals surface area (Å²) >= 11 is 11.0. The maximum absolute atomic E-state index is 11.7. The van der Waals surface area contributed by atoms with Gasteiger partial charge in [-0.1, -0.05) is 59.6 Å². The van der Waals surface area contributed by atoms with E-state index in [0.717, 1.165) is 0 Å². The molecule has 0 aliphatic heterocycles. The van der Waals surface area contributed by atoms with Crippen molar-refractivity contribution in [2.24, 2.45) is 0 Å². The van der Waals surface area contributed by atoms with Gasteiger partial charge in [0.05, 0.1) is 10.5 Å². The standard InChI is InChI=1S/C14H9Cl2NO3/c15-14(16)13(18)10-6-7-11(12(8-10)17(19)20)9-4-2-1-3-5-9/h1-8,14H. The molecule has 0 spiro atoms. The second-order valence-electron chi connectivity index (χ2n) is 4.02. The fraction of sp³-hybridized carbons (Fsp3) is 0.0714. The summed E-state index contributed by atoms with van der Waals surface area (Å²) < 4.78 is 0. The van der Waals surface area contributed by atoms with Crippen LogP contribution < -0.4 is 0 Å². The third kappa shape index (κ3) is 2.98. The number of halogens is 2. The van der Waals surface area contributed by atoms with E-state index >= 15 is 0 Å². The Morgan fingerprint density at radius 3 is 2.30 bits per heavy atom. The highest BCUT2D eigenvalue weighted by Gasteiger charge is 2.21. The fourth-order valence-electron chi connectivity index (χ4n) is 1.82. The average molecular weight is 310 g/mol. The van der Waals surface area contributed by atoms with Gasteiger partial charge in [0.25, 0.3) is 5.69 Å². The molecule has 4 nitrogen and oxygen atoms in total. The molecule has 2 aromatic rings. The van der Waals surface area contributed by atoms with E-state index in [9.17, 15) is 14.9 Å². The number of nitro groups is 1. The lowest BCUT2D eigenvalue weighted by Gasteiger charge is -2.06. The first-order valence-corrected chi connectivity index (χ1v) is 6.54. The number of carbonyl (C=O) groups excluding carboxylic acids is 1. The molecule has 0 unspecified atom stereocenters. The number of nitrogens with zero attached hydrogens (tertiary/aromatic N) is 1. The topological polar surface area (TPSA) is 60.2 Å². The molecule has 0 radical (unpaired) electrons. The number of rotatable bonds is 4. The molecule has 0 saturated carbocycles. The predicted molar refractivity (Wildman–Crippen MR) is 78.4 cm³/mol. The van der Waals surface area contributed by atoms with Gasteiger partial charge in [0, 0.05) is 11.6 Å². The second-order valence-corrected chi connectivity index (χ2v) is 5.12. The summed E-state index contributed by atoms with van der Waals surface area (Å²) in [6.07, 6.45) is 0. The number of benzene rings is 2. The fourth-order valence-corrected chi connectivity index (χ4v) is 2.08. The van der Waals surface area contributed by atoms with E-state index in [2.05, 4.69) is 0 Å². The van der Waals surface area contributed by atoms with Gasteiger partial charge in [0.15, 0.2) is 10.6 Å². The smallest absolute Gasteiger partial charge is 0.277 e. The van der Waals surface area contributed by atoms with Crippen molar-refractivity contribution in [1.82, 2.24) is 0 Å². The van der Waals surface area contributed by atoms with Gasteiger partial charge in [-0.2, -0.15) is 0 Å². The lowest BCUT2D eigenvalue weighted by Crippen LogP contribution is -2.08. The summed E-state index contributed by atoms with van der Waals surface area (Å²) in [5.41, 5.74) is 1.10. The average Bonchev–Trinajstić information content (AvgIpc) is 2.46. The Morgan fingerprint density at radius 1 is 1.10 bits per heavy atom. The number of hydrogen-bond donors (Lipinski definition) is 0. The van der Waals surface area contributed by atoms with Crippen molar-refractivity contribution in [2.75, 3.05) is 0 Å². The van der Waals surface area contributed by atoms with Gasteiger partial charge in [0.1, 0.15) is 0 Å². The van der Waals surface area contributed by atoms with Crippen LogP contribution in [-0.2, 0) is 0 Å². The van der Waals surface area contributed by atoms with E-state index in [1.54, 1.807) is 24.3 Å². The van der Waals surface area contributed by atoms with Crippen LogP contribution in [0, 0.1) is 10.1 Å². The van der Waals surface area contributed by atoms with Gasteiger partial charge in [0.2, 0.25) is 0 Å². The predicted octanol–water partition coefficient (Wildman–Crippen LogP) is 4.25. The summed E-state index contributed by atoms with van der Waals surface area (Å²) in [5.74, 6) is -0.559. The second kappa shape index (κ2) is 6.03. The lowest BCUT2D eigenvalue weighted by molar-refractivity contribution is -0.384. The molecule has 0 fully saturated rings. The van der Waals surface area contributed by atoms with Gasteiger partial charge < -0.3 is 0 Å². The minimum Gasteiger partial charge on any atom is -0.291 e. The van der Waals surface area contributed by atoms with Gasteiger partial charge >= 0.3 is 0 Å². The first-order valence-electron chi connectivity index (χ1n) is 5.67. The third-order valence-corrected chi connectivity index (χ3v) is 3.16. The molecule has 0 aliphatic carbocycles.